The molecule has 1 fully saturated rings. The van der Waals surface area contributed by atoms with Crippen LogP contribution in [0.4, 0.5) is 0 Å². The van der Waals surface area contributed by atoms with Crippen molar-refractivity contribution in [1.29, 1.82) is 5.26 Å². The normalized spacial score (nSPS) is 15.0. The zero-order valence-corrected chi connectivity index (χ0v) is 26.5. The van der Waals surface area contributed by atoms with E-state index in [1.807, 2.05) is 64.4 Å². The lowest BCUT2D eigenvalue weighted by Crippen LogP contribution is -2.44. The van der Waals surface area contributed by atoms with Gasteiger partial charge in [0, 0.05) is 69.6 Å². The number of carbonyl (C=O) groups is 1. The summed E-state index contributed by atoms with van der Waals surface area (Å²) < 4.78 is 12.5. The number of morpholine rings is 1. The number of rotatable bonds is 12. The third kappa shape index (κ3) is 10.3. The highest BCUT2D eigenvalue weighted by Gasteiger charge is 2.22. The molecule has 0 radical (unpaired) electrons. The van der Waals surface area contributed by atoms with Gasteiger partial charge in [0.1, 0.15) is 11.6 Å². The van der Waals surface area contributed by atoms with Gasteiger partial charge in [-0.15, -0.1) is 0 Å². The average Bonchev–Trinajstić information content (AvgIpc) is 3.35. The molecule has 0 atom stereocenters. The molecule has 0 unspecified atom stereocenters. The van der Waals surface area contributed by atoms with Crippen molar-refractivity contribution >= 4 is 24.6 Å². The molecule has 1 saturated heterocycles. The summed E-state index contributed by atoms with van der Waals surface area (Å²) in [5, 5.41) is 18.1. The molecule has 2 aromatic rings. The molecule has 1 aliphatic rings. The second-order valence-corrected chi connectivity index (χ2v) is 10.6. The van der Waals surface area contributed by atoms with Crippen LogP contribution in [0.5, 0.6) is 0 Å². The van der Waals surface area contributed by atoms with Crippen LogP contribution in [-0.4, -0.2) is 74.0 Å². The highest BCUT2D eigenvalue weighted by Crippen LogP contribution is 2.22. The number of nitriles is 1. The first kappa shape index (κ1) is 34.6. The topological polar surface area (TPSA) is 91.6 Å². The number of allylic oxidation sites excluding steroid dienone is 2. The molecule has 0 bridgehead atoms. The Morgan fingerprint density at radius 2 is 1.93 bits per heavy atom. The molecule has 42 heavy (non-hydrogen) atoms. The van der Waals surface area contributed by atoms with Gasteiger partial charge in [-0.3, -0.25) is 9.69 Å². The summed E-state index contributed by atoms with van der Waals surface area (Å²) in [6, 6.07) is 12.2. The van der Waals surface area contributed by atoms with E-state index in [0.717, 1.165) is 72.5 Å². The third-order valence-electron chi connectivity index (χ3n) is 7.12. The Labute approximate surface area is 252 Å². The minimum absolute atomic E-state index is 0.0565. The fourth-order valence-corrected chi connectivity index (χ4v) is 4.55. The Morgan fingerprint density at radius 1 is 1.21 bits per heavy atom. The number of aromatic nitrogens is 1. The van der Waals surface area contributed by atoms with E-state index in [2.05, 4.69) is 52.5 Å². The molecule has 8 nitrogen and oxygen atoms in total. The van der Waals surface area contributed by atoms with Crippen LogP contribution < -0.4 is 21.1 Å². The second-order valence-electron chi connectivity index (χ2n) is 10.6. The van der Waals surface area contributed by atoms with E-state index in [4.69, 9.17) is 9.47 Å². The number of nitrogens with one attached hydrogen (secondary N) is 2. The van der Waals surface area contributed by atoms with Crippen LogP contribution >= 0.6 is 0 Å². The molecule has 0 saturated carbocycles. The largest absolute Gasteiger partial charge is 0.385 e. The molecule has 1 aliphatic heterocycles. The van der Waals surface area contributed by atoms with Crippen LogP contribution in [0.2, 0.25) is 0 Å². The molecule has 1 amide bonds. The fourth-order valence-electron chi connectivity index (χ4n) is 4.55. The number of ether oxygens (including phenoxy) is 2. The van der Waals surface area contributed by atoms with E-state index in [1.54, 1.807) is 13.2 Å². The SMILES string of the molecule is C=c1cc(-c2ccc(/C=C(\C#N)C(=O)NC(C)(C)CCOC)n2C)cc/c1=C/C(=C\C)NCCN1CCOCC1.CC. The lowest BCUT2D eigenvalue weighted by atomic mass is 10.0. The first-order valence-electron chi connectivity index (χ1n) is 14.8. The van der Waals surface area contributed by atoms with Gasteiger partial charge in [0.05, 0.1) is 13.2 Å². The molecule has 8 heteroatoms. The van der Waals surface area contributed by atoms with Gasteiger partial charge in [0.25, 0.3) is 5.91 Å². The molecular weight excluding hydrogens is 526 g/mol. The number of methoxy groups -OCH3 is 1. The smallest absolute Gasteiger partial charge is 0.262 e. The van der Waals surface area contributed by atoms with Crippen LogP contribution in [0.1, 0.15) is 46.7 Å². The molecular formula is C34H49N5O3. The monoisotopic (exact) mass is 575 g/mol. The van der Waals surface area contributed by atoms with E-state index in [1.165, 1.54) is 0 Å². The Bertz CT molecular complexity index is 1370. The van der Waals surface area contributed by atoms with E-state index in [-0.39, 0.29) is 5.57 Å². The highest BCUT2D eigenvalue weighted by atomic mass is 16.5. The summed E-state index contributed by atoms with van der Waals surface area (Å²) in [7, 11) is 3.55. The summed E-state index contributed by atoms with van der Waals surface area (Å²) in [4.78, 5) is 15.2. The molecule has 0 spiro atoms. The number of hydrogen-bond acceptors (Lipinski definition) is 6. The maximum atomic E-state index is 12.8. The van der Waals surface area contributed by atoms with Gasteiger partial charge in [0.15, 0.2) is 0 Å². The van der Waals surface area contributed by atoms with Crippen molar-refractivity contribution in [3.63, 3.8) is 0 Å². The maximum Gasteiger partial charge on any atom is 0.262 e. The first-order chi connectivity index (χ1) is 20.2. The Hall–Kier alpha value is -3.64. The van der Waals surface area contributed by atoms with E-state index < -0.39 is 11.4 Å². The minimum atomic E-state index is -0.489. The standard InChI is InChI=1S/C32H43N5O3.C2H6/c1-7-28(34-13-14-37-15-18-40-19-16-37)21-25-8-9-26(20-24(25)2)30-11-10-29(36(30)5)22-27(23-33)31(38)35-32(3,4)12-17-39-6;1-2/h7-11,20-22,34H,2,12-19H2,1,3-6H3,(H,35,38);1-2H3/b25-21-,27-22+,28-7+;. The van der Waals surface area contributed by atoms with Gasteiger partial charge in [-0.2, -0.15) is 5.26 Å². The van der Waals surface area contributed by atoms with Crippen molar-refractivity contribution in [1.82, 2.24) is 20.1 Å². The number of carbonyl (C=O) groups excluding carboxylic acids is 1. The van der Waals surface area contributed by atoms with Gasteiger partial charge >= 0.3 is 0 Å². The molecule has 228 valence electrons. The van der Waals surface area contributed by atoms with Crippen molar-refractivity contribution in [2.75, 3.05) is 53.1 Å². The first-order valence-corrected chi connectivity index (χ1v) is 14.8. The van der Waals surface area contributed by atoms with Crippen LogP contribution in [0, 0.1) is 11.3 Å². The minimum Gasteiger partial charge on any atom is -0.385 e. The zero-order valence-electron chi connectivity index (χ0n) is 26.5. The molecule has 0 aliphatic carbocycles. The molecule has 1 aromatic carbocycles. The van der Waals surface area contributed by atoms with E-state index in [9.17, 15) is 10.1 Å². The van der Waals surface area contributed by atoms with Gasteiger partial charge in [-0.25, -0.2) is 0 Å². The quantitative estimate of drug-likeness (QED) is 0.297. The van der Waals surface area contributed by atoms with Crippen molar-refractivity contribution in [2.24, 2.45) is 7.05 Å². The summed E-state index contributed by atoms with van der Waals surface area (Å²) >= 11 is 0. The average molecular weight is 576 g/mol. The highest BCUT2D eigenvalue weighted by molar-refractivity contribution is 6.02. The Kier molecular flexibility index (Phi) is 14.3. The number of hydrogen-bond donors (Lipinski definition) is 2. The lowest BCUT2D eigenvalue weighted by molar-refractivity contribution is -0.118. The fraction of sp³-hybridized carbons (Fsp3) is 0.471. The maximum absolute atomic E-state index is 12.8. The van der Waals surface area contributed by atoms with Crippen LogP contribution in [0.25, 0.3) is 30.0 Å². The molecule has 2 heterocycles. The number of nitrogens with zero attached hydrogens (tertiary/aromatic N) is 3. The van der Waals surface area contributed by atoms with Crippen molar-refractivity contribution in [3.05, 3.63) is 63.8 Å². The predicted octanol–water partition coefficient (Wildman–Crippen LogP) is 3.57. The molecule has 1 aromatic heterocycles. The van der Waals surface area contributed by atoms with E-state index in [0.29, 0.717) is 13.0 Å². The van der Waals surface area contributed by atoms with Crippen molar-refractivity contribution in [3.8, 4) is 17.3 Å². The summed E-state index contributed by atoms with van der Waals surface area (Å²) in [5.41, 5.74) is 3.37. The molecule has 2 N–H and O–H groups in total. The third-order valence-corrected chi connectivity index (χ3v) is 7.12. The lowest BCUT2D eigenvalue weighted by Gasteiger charge is -2.26. The van der Waals surface area contributed by atoms with Gasteiger partial charge in [-0.1, -0.05) is 38.6 Å². The van der Waals surface area contributed by atoms with Crippen molar-refractivity contribution in [2.45, 2.75) is 46.6 Å². The zero-order chi connectivity index (χ0) is 31.1. The second kappa shape index (κ2) is 17.3. The summed E-state index contributed by atoms with van der Waals surface area (Å²) in [6.07, 6.45) is 6.46. The van der Waals surface area contributed by atoms with Crippen LogP contribution in [-0.2, 0) is 21.3 Å². The van der Waals surface area contributed by atoms with Gasteiger partial charge in [0.2, 0.25) is 0 Å². The van der Waals surface area contributed by atoms with Crippen LogP contribution in [0.3, 0.4) is 0 Å². The van der Waals surface area contributed by atoms with Gasteiger partial charge < -0.3 is 24.7 Å². The number of amides is 1. The van der Waals surface area contributed by atoms with Gasteiger partial charge in [-0.05, 0) is 73.5 Å². The summed E-state index contributed by atoms with van der Waals surface area (Å²) in [5.74, 6) is -0.398. The predicted molar refractivity (Wildman–Crippen MR) is 173 cm³/mol. The van der Waals surface area contributed by atoms with E-state index >= 15 is 0 Å². The van der Waals surface area contributed by atoms with Crippen molar-refractivity contribution < 1.29 is 14.3 Å². The molecule has 3 rings (SSSR count). The Balaban J connectivity index is 0.00000301. The summed E-state index contributed by atoms with van der Waals surface area (Å²) in [6.45, 7) is 20.1. The number of benzene rings is 1. The Morgan fingerprint density at radius 3 is 2.55 bits per heavy atom. The van der Waals surface area contributed by atoms with Crippen LogP contribution in [0.15, 0.2) is 47.7 Å².